The lowest BCUT2D eigenvalue weighted by Crippen LogP contribution is -2.42. The van der Waals surface area contributed by atoms with Crippen molar-refractivity contribution in [1.29, 1.82) is 0 Å². The third kappa shape index (κ3) is 3.22. The number of methoxy groups -OCH3 is 2. The Bertz CT molecular complexity index is 1300. The summed E-state index contributed by atoms with van der Waals surface area (Å²) < 4.78 is 14.5. The van der Waals surface area contributed by atoms with Crippen molar-refractivity contribution in [2.24, 2.45) is 13.0 Å². The van der Waals surface area contributed by atoms with Crippen LogP contribution >= 0.6 is 0 Å². The number of carbonyl (C=O) groups is 1. The molecule has 11 nitrogen and oxygen atoms in total. The van der Waals surface area contributed by atoms with Crippen LogP contribution < -0.4 is 25.6 Å². The minimum atomic E-state index is -1.27. The summed E-state index contributed by atoms with van der Waals surface area (Å²) >= 11 is 0. The molecular formula is C20H23N5O6. The smallest absolute Gasteiger partial charge is 0.333 e. The standard InChI is InChI=1S/C20H23N5O6/c1-11-8-23(13-6-5-12(30-3)7-14(13)31-4)19-21-17-16(24(19)9-11)18(28)25(10-15(26)27)20(29)22(17)2/h5-7,11H,8-10H2,1-4H3,(H,26,27)/t11-/m0/s1. The van der Waals surface area contributed by atoms with Gasteiger partial charge in [-0.1, -0.05) is 6.92 Å². The molecule has 0 radical (unpaired) electrons. The number of fused-ring (bicyclic) bond motifs is 3. The lowest BCUT2D eigenvalue weighted by atomic mass is 10.1. The quantitative estimate of drug-likeness (QED) is 0.632. The Morgan fingerprint density at radius 2 is 1.97 bits per heavy atom. The van der Waals surface area contributed by atoms with Crippen molar-refractivity contribution < 1.29 is 19.4 Å². The average molecular weight is 429 g/mol. The van der Waals surface area contributed by atoms with Crippen LogP contribution in [0.3, 0.4) is 0 Å². The number of imidazole rings is 1. The zero-order chi connectivity index (χ0) is 22.4. The van der Waals surface area contributed by atoms with Gasteiger partial charge in [-0.15, -0.1) is 0 Å². The van der Waals surface area contributed by atoms with E-state index in [9.17, 15) is 14.4 Å². The Morgan fingerprint density at radius 1 is 1.23 bits per heavy atom. The van der Waals surface area contributed by atoms with Gasteiger partial charge >= 0.3 is 11.7 Å². The van der Waals surface area contributed by atoms with E-state index < -0.39 is 23.8 Å². The number of aryl methyl sites for hydroxylation is 1. The maximum atomic E-state index is 13.1. The van der Waals surface area contributed by atoms with Gasteiger partial charge in [-0.25, -0.2) is 9.36 Å². The van der Waals surface area contributed by atoms with Crippen LogP contribution in [0.5, 0.6) is 11.5 Å². The van der Waals surface area contributed by atoms with E-state index in [1.54, 1.807) is 30.9 Å². The predicted octanol–water partition coefficient (Wildman–Crippen LogP) is 0.786. The van der Waals surface area contributed by atoms with Crippen LogP contribution in [0.2, 0.25) is 0 Å². The predicted molar refractivity (Wildman–Crippen MR) is 113 cm³/mol. The van der Waals surface area contributed by atoms with Crippen LogP contribution in [-0.2, 0) is 24.9 Å². The molecule has 0 aliphatic carbocycles. The first-order valence-electron chi connectivity index (χ1n) is 9.68. The molecule has 3 aromatic rings. The molecule has 164 valence electrons. The maximum absolute atomic E-state index is 13.1. The molecule has 1 aliphatic rings. The van der Waals surface area contributed by atoms with Crippen molar-refractivity contribution in [3.8, 4) is 11.5 Å². The second kappa shape index (κ2) is 7.49. The lowest BCUT2D eigenvalue weighted by Gasteiger charge is -2.33. The van der Waals surface area contributed by atoms with E-state index in [2.05, 4.69) is 4.98 Å². The maximum Gasteiger partial charge on any atom is 0.333 e. The van der Waals surface area contributed by atoms with Gasteiger partial charge < -0.3 is 24.0 Å². The largest absolute Gasteiger partial charge is 0.497 e. The molecule has 0 fully saturated rings. The Balaban J connectivity index is 1.99. The summed E-state index contributed by atoms with van der Waals surface area (Å²) in [6.07, 6.45) is 0. The molecule has 1 aromatic carbocycles. The first-order valence-corrected chi connectivity index (χ1v) is 9.68. The zero-order valence-corrected chi connectivity index (χ0v) is 17.7. The highest BCUT2D eigenvalue weighted by molar-refractivity contribution is 5.79. The van der Waals surface area contributed by atoms with Crippen LogP contribution in [0, 0.1) is 5.92 Å². The molecule has 11 heteroatoms. The number of hydrogen-bond acceptors (Lipinski definition) is 7. The SMILES string of the molecule is COc1ccc(N2C[C@H](C)Cn3c2nc2c3c(=O)n(CC(=O)O)c(=O)n2C)c(OC)c1. The fourth-order valence-corrected chi connectivity index (χ4v) is 3.99. The molecule has 0 spiro atoms. The van der Waals surface area contributed by atoms with Crippen LogP contribution in [-0.4, -0.2) is 50.5 Å². The van der Waals surface area contributed by atoms with Gasteiger partial charge in [0.1, 0.15) is 18.0 Å². The first-order chi connectivity index (χ1) is 14.8. The summed E-state index contributed by atoms with van der Waals surface area (Å²) in [5.41, 5.74) is -0.255. The van der Waals surface area contributed by atoms with Crippen LogP contribution in [0.15, 0.2) is 27.8 Å². The fraction of sp³-hybridized carbons (Fsp3) is 0.400. The second-order valence-corrected chi connectivity index (χ2v) is 7.57. The van der Waals surface area contributed by atoms with Crippen molar-refractivity contribution >= 4 is 28.8 Å². The van der Waals surface area contributed by atoms with E-state index in [0.717, 1.165) is 10.3 Å². The molecule has 1 aliphatic heterocycles. The highest BCUT2D eigenvalue weighted by Gasteiger charge is 2.31. The summed E-state index contributed by atoms with van der Waals surface area (Å²) in [6.45, 7) is 2.44. The molecule has 2 aromatic heterocycles. The second-order valence-electron chi connectivity index (χ2n) is 7.57. The van der Waals surface area contributed by atoms with Gasteiger partial charge in [0.25, 0.3) is 5.56 Å². The fourth-order valence-electron chi connectivity index (χ4n) is 3.99. The number of carboxylic acids is 1. The normalized spacial score (nSPS) is 15.7. The summed E-state index contributed by atoms with van der Waals surface area (Å²) in [5.74, 6) is 0.565. The third-order valence-electron chi connectivity index (χ3n) is 5.41. The van der Waals surface area contributed by atoms with Gasteiger partial charge in [0.2, 0.25) is 5.95 Å². The number of aromatic nitrogens is 4. The van der Waals surface area contributed by atoms with E-state index >= 15 is 0 Å². The van der Waals surface area contributed by atoms with Crippen molar-refractivity contribution in [1.82, 2.24) is 18.7 Å². The molecule has 1 N–H and O–H groups in total. The average Bonchev–Trinajstić information content (AvgIpc) is 3.13. The Labute approximate surface area is 176 Å². The minimum absolute atomic E-state index is 0.140. The Morgan fingerprint density at radius 3 is 2.61 bits per heavy atom. The van der Waals surface area contributed by atoms with E-state index in [4.69, 9.17) is 14.6 Å². The zero-order valence-electron chi connectivity index (χ0n) is 17.7. The highest BCUT2D eigenvalue weighted by Crippen LogP contribution is 2.39. The Kier molecular flexibility index (Phi) is 4.96. The summed E-state index contributed by atoms with van der Waals surface area (Å²) in [4.78, 5) is 43.4. The van der Waals surface area contributed by atoms with Crippen molar-refractivity contribution in [3.05, 3.63) is 39.0 Å². The van der Waals surface area contributed by atoms with Crippen molar-refractivity contribution in [2.75, 3.05) is 25.7 Å². The molecule has 3 heterocycles. The summed E-state index contributed by atoms with van der Waals surface area (Å²) in [7, 11) is 4.60. The molecule has 0 unspecified atom stereocenters. The van der Waals surface area contributed by atoms with E-state index in [1.165, 1.54) is 11.6 Å². The molecular weight excluding hydrogens is 406 g/mol. The molecule has 4 rings (SSSR count). The van der Waals surface area contributed by atoms with Crippen molar-refractivity contribution in [3.63, 3.8) is 0 Å². The molecule has 0 bridgehead atoms. The number of rotatable bonds is 5. The van der Waals surface area contributed by atoms with Crippen LogP contribution in [0.4, 0.5) is 11.6 Å². The Hall–Kier alpha value is -3.76. The number of aliphatic carboxylic acids is 1. The van der Waals surface area contributed by atoms with Gasteiger partial charge in [-0.2, -0.15) is 4.98 Å². The van der Waals surface area contributed by atoms with Gasteiger partial charge in [0.05, 0.1) is 19.9 Å². The van der Waals surface area contributed by atoms with E-state index in [-0.39, 0.29) is 17.1 Å². The van der Waals surface area contributed by atoms with Crippen LogP contribution in [0.1, 0.15) is 6.92 Å². The first kappa shape index (κ1) is 20.5. The highest BCUT2D eigenvalue weighted by atomic mass is 16.5. The monoisotopic (exact) mass is 429 g/mol. The van der Waals surface area contributed by atoms with Crippen molar-refractivity contribution in [2.45, 2.75) is 20.0 Å². The van der Waals surface area contributed by atoms with Crippen LogP contribution in [0.25, 0.3) is 11.2 Å². The lowest BCUT2D eigenvalue weighted by molar-refractivity contribution is -0.137. The summed E-state index contributed by atoms with van der Waals surface area (Å²) in [5, 5.41) is 9.14. The topological polar surface area (TPSA) is 121 Å². The number of nitrogens with zero attached hydrogens (tertiary/aromatic N) is 5. The third-order valence-corrected chi connectivity index (χ3v) is 5.41. The van der Waals surface area contributed by atoms with E-state index in [1.807, 2.05) is 17.9 Å². The molecule has 1 atom stereocenters. The van der Waals surface area contributed by atoms with Gasteiger partial charge in [0, 0.05) is 26.2 Å². The number of hydrogen-bond donors (Lipinski definition) is 1. The van der Waals surface area contributed by atoms with Gasteiger partial charge in [0.15, 0.2) is 11.2 Å². The van der Waals surface area contributed by atoms with Gasteiger partial charge in [-0.3, -0.25) is 14.2 Å². The van der Waals surface area contributed by atoms with E-state index in [0.29, 0.717) is 30.5 Å². The molecule has 0 saturated heterocycles. The number of carboxylic acid groups (broad SMARTS) is 1. The number of ether oxygens (including phenoxy) is 2. The number of anilines is 2. The molecule has 31 heavy (non-hydrogen) atoms. The molecule has 0 amide bonds. The summed E-state index contributed by atoms with van der Waals surface area (Å²) in [6, 6.07) is 5.41. The molecule has 0 saturated carbocycles. The number of benzene rings is 1. The van der Waals surface area contributed by atoms with Gasteiger partial charge in [-0.05, 0) is 18.1 Å². The minimum Gasteiger partial charge on any atom is -0.497 e.